The van der Waals surface area contributed by atoms with Crippen LogP contribution in [-0.2, 0) is 6.54 Å². The van der Waals surface area contributed by atoms with Gasteiger partial charge in [-0.1, -0.05) is 12.5 Å². The molecular weight excluding hydrogens is 264 g/mol. The molecule has 1 aromatic carbocycles. The summed E-state index contributed by atoms with van der Waals surface area (Å²) in [6, 6.07) is 6.30. The Labute approximate surface area is 128 Å². The minimum absolute atomic E-state index is 0.641. The summed E-state index contributed by atoms with van der Waals surface area (Å²) in [6.07, 6.45) is 4.87. The Morgan fingerprint density at radius 1 is 1.10 bits per heavy atom. The number of benzene rings is 1. The Morgan fingerprint density at radius 3 is 2.62 bits per heavy atom. The standard InChI is InChI=1S/C17H28N2O2/c1-2-20-17-13-15(14-19-10-4-3-5-11-19)7-8-16(17)21-12-6-9-18/h7-8,13H,2-6,9-12,14,18H2,1H3. The molecule has 0 bridgehead atoms. The lowest BCUT2D eigenvalue weighted by atomic mass is 10.1. The normalized spacial score (nSPS) is 15.9. The van der Waals surface area contributed by atoms with E-state index in [0.717, 1.165) is 24.5 Å². The van der Waals surface area contributed by atoms with Gasteiger partial charge in [-0.3, -0.25) is 4.90 Å². The van der Waals surface area contributed by atoms with Crippen molar-refractivity contribution >= 4 is 0 Å². The maximum Gasteiger partial charge on any atom is 0.161 e. The second-order valence-electron chi connectivity index (χ2n) is 5.54. The zero-order chi connectivity index (χ0) is 14.9. The van der Waals surface area contributed by atoms with Crippen LogP contribution >= 0.6 is 0 Å². The molecule has 1 aliphatic rings. The first kappa shape index (κ1) is 16.1. The SMILES string of the molecule is CCOc1cc(CN2CCCCC2)ccc1OCCCN. The topological polar surface area (TPSA) is 47.7 Å². The Kier molecular flexibility index (Phi) is 6.83. The van der Waals surface area contributed by atoms with Crippen LogP contribution in [0.5, 0.6) is 11.5 Å². The van der Waals surface area contributed by atoms with E-state index in [1.54, 1.807) is 0 Å². The average Bonchev–Trinajstić information content (AvgIpc) is 2.51. The van der Waals surface area contributed by atoms with Crippen molar-refractivity contribution in [1.82, 2.24) is 4.90 Å². The molecule has 1 heterocycles. The molecule has 0 aromatic heterocycles. The lowest BCUT2D eigenvalue weighted by molar-refractivity contribution is 0.220. The number of nitrogens with two attached hydrogens (primary N) is 1. The predicted octanol–water partition coefficient (Wildman–Crippen LogP) is 2.80. The zero-order valence-corrected chi connectivity index (χ0v) is 13.1. The van der Waals surface area contributed by atoms with E-state index in [-0.39, 0.29) is 0 Å². The molecule has 0 aliphatic carbocycles. The van der Waals surface area contributed by atoms with Crippen LogP contribution in [0.3, 0.4) is 0 Å². The van der Waals surface area contributed by atoms with Gasteiger partial charge in [-0.25, -0.2) is 0 Å². The molecule has 0 atom stereocenters. The van der Waals surface area contributed by atoms with Gasteiger partial charge in [0.05, 0.1) is 13.2 Å². The van der Waals surface area contributed by atoms with Crippen LogP contribution in [0.4, 0.5) is 0 Å². The minimum atomic E-state index is 0.641. The van der Waals surface area contributed by atoms with Crippen LogP contribution in [0.2, 0.25) is 0 Å². The summed E-state index contributed by atoms with van der Waals surface area (Å²) in [5.74, 6) is 1.68. The van der Waals surface area contributed by atoms with Crippen LogP contribution in [-0.4, -0.2) is 37.7 Å². The van der Waals surface area contributed by atoms with Gasteiger partial charge in [0, 0.05) is 6.54 Å². The molecule has 1 aromatic rings. The number of rotatable bonds is 8. The second-order valence-corrected chi connectivity index (χ2v) is 5.54. The molecule has 1 fully saturated rings. The van der Waals surface area contributed by atoms with Gasteiger partial charge >= 0.3 is 0 Å². The summed E-state index contributed by atoms with van der Waals surface area (Å²) < 4.78 is 11.5. The zero-order valence-electron chi connectivity index (χ0n) is 13.1. The van der Waals surface area contributed by atoms with Crippen LogP contribution in [0.15, 0.2) is 18.2 Å². The number of hydrogen-bond donors (Lipinski definition) is 1. The van der Waals surface area contributed by atoms with Gasteiger partial charge in [-0.15, -0.1) is 0 Å². The molecule has 2 rings (SSSR count). The summed E-state index contributed by atoms with van der Waals surface area (Å²) in [6.45, 7) is 7.36. The smallest absolute Gasteiger partial charge is 0.161 e. The first-order valence-corrected chi connectivity index (χ1v) is 8.14. The average molecular weight is 292 g/mol. The Morgan fingerprint density at radius 2 is 1.90 bits per heavy atom. The minimum Gasteiger partial charge on any atom is -0.490 e. The molecule has 0 saturated carbocycles. The van der Waals surface area contributed by atoms with E-state index in [4.69, 9.17) is 15.2 Å². The molecule has 1 saturated heterocycles. The molecule has 4 nitrogen and oxygen atoms in total. The molecule has 0 amide bonds. The maximum absolute atomic E-state index is 5.76. The number of ether oxygens (including phenoxy) is 2. The van der Waals surface area contributed by atoms with Crippen molar-refractivity contribution in [3.05, 3.63) is 23.8 Å². The maximum atomic E-state index is 5.76. The Hall–Kier alpha value is -1.26. The van der Waals surface area contributed by atoms with Gasteiger partial charge in [0.2, 0.25) is 0 Å². The van der Waals surface area contributed by atoms with E-state index in [1.807, 2.05) is 13.0 Å². The highest BCUT2D eigenvalue weighted by Crippen LogP contribution is 2.29. The number of piperidine rings is 1. The van der Waals surface area contributed by atoms with E-state index < -0.39 is 0 Å². The highest BCUT2D eigenvalue weighted by molar-refractivity contribution is 5.43. The predicted molar refractivity (Wildman–Crippen MR) is 85.9 cm³/mol. The molecular formula is C17H28N2O2. The van der Waals surface area contributed by atoms with Gasteiger partial charge in [0.1, 0.15) is 0 Å². The first-order chi connectivity index (χ1) is 10.3. The third-order valence-corrected chi connectivity index (χ3v) is 3.77. The van der Waals surface area contributed by atoms with Crippen molar-refractivity contribution in [2.24, 2.45) is 5.73 Å². The fraction of sp³-hybridized carbons (Fsp3) is 0.647. The van der Waals surface area contributed by atoms with E-state index in [0.29, 0.717) is 19.8 Å². The summed E-state index contributed by atoms with van der Waals surface area (Å²) in [5, 5.41) is 0. The van der Waals surface area contributed by atoms with Gasteiger partial charge in [0.25, 0.3) is 0 Å². The fourth-order valence-electron chi connectivity index (χ4n) is 2.68. The molecule has 4 heteroatoms. The number of nitrogens with zero attached hydrogens (tertiary/aromatic N) is 1. The summed E-state index contributed by atoms with van der Waals surface area (Å²) in [5.41, 5.74) is 6.80. The molecule has 1 aliphatic heterocycles. The van der Waals surface area contributed by atoms with Crippen LogP contribution in [0.1, 0.15) is 38.2 Å². The molecule has 0 radical (unpaired) electrons. The number of likely N-dealkylation sites (tertiary alicyclic amines) is 1. The molecule has 21 heavy (non-hydrogen) atoms. The third-order valence-electron chi connectivity index (χ3n) is 3.77. The quantitative estimate of drug-likeness (QED) is 0.749. The van der Waals surface area contributed by atoms with Gasteiger partial charge < -0.3 is 15.2 Å². The molecule has 118 valence electrons. The second kappa shape index (κ2) is 8.90. The highest BCUT2D eigenvalue weighted by atomic mass is 16.5. The number of hydrogen-bond acceptors (Lipinski definition) is 4. The monoisotopic (exact) mass is 292 g/mol. The summed E-state index contributed by atoms with van der Waals surface area (Å²) in [7, 11) is 0. The largest absolute Gasteiger partial charge is 0.490 e. The van der Waals surface area contributed by atoms with Crippen molar-refractivity contribution < 1.29 is 9.47 Å². The van der Waals surface area contributed by atoms with Crippen LogP contribution < -0.4 is 15.2 Å². The molecule has 2 N–H and O–H groups in total. The van der Waals surface area contributed by atoms with E-state index in [1.165, 1.54) is 37.9 Å². The summed E-state index contributed by atoms with van der Waals surface area (Å²) >= 11 is 0. The highest BCUT2D eigenvalue weighted by Gasteiger charge is 2.12. The lowest BCUT2D eigenvalue weighted by Crippen LogP contribution is -2.29. The molecule has 0 spiro atoms. The van der Waals surface area contributed by atoms with Crippen molar-refractivity contribution in [1.29, 1.82) is 0 Å². The fourth-order valence-corrected chi connectivity index (χ4v) is 2.68. The van der Waals surface area contributed by atoms with Crippen molar-refractivity contribution in [2.75, 3.05) is 32.8 Å². The van der Waals surface area contributed by atoms with Gasteiger partial charge in [-0.2, -0.15) is 0 Å². The van der Waals surface area contributed by atoms with Crippen molar-refractivity contribution in [2.45, 2.75) is 39.2 Å². The van der Waals surface area contributed by atoms with E-state index >= 15 is 0 Å². The Bertz CT molecular complexity index is 417. The van der Waals surface area contributed by atoms with Crippen molar-refractivity contribution in [3.8, 4) is 11.5 Å². The van der Waals surface area contributed by atoms with Crippen LogP contribution in [0, 0.1) is 0 Å². The van der Waals surface area contributed by atoms with E-state index in [2.05, 4.69) is 17.0 Å². The van der Waals surface area contributed by atoms with Crippen LogP contribution in [0.25, 0.3) is 0 Å². The third kappa shape index (κ3) is 5.21. The van der Waals surface area contributed by atoms with Gasteiger partial charge in [-0.05, 0) is 63.5 Å². The molecule has 0 unspecified atom stereocenters. The lowest BCUT2D eigenvalue weighted by Gasteiger charge is -2.26. The van der Waals surface area contributed by atoms with Gasteiger partial charge in [0.15, 0.2) is 11.5 Å². The summed E-state index contributed by atoms with van der Waals surface area (Å²) in [4.78, 5) is 2.52. The van der Waals surface area contributed by atoms with E-state index in [9.17, 15) is 0 Å². The Balaban J connectivity index is 1.99. The van der Waals surface area contributed by atoms with Crippen molar-refractivity contribution in [3.63, 3.8) is 0 Å². The first-order valence-electron chi connectivity index (χ1n) is 8.14.